The van der Waals surface area contributed by atoms with Crippen LogP contribution in [0.1, 0.15) is 54.6 Å². The zero-order chi connectivity index (χ0) is 22.9. The highest BCUT2D eigenvalue weighted by Crippen LogP contribution is 2.44. The van der Waals surface area contributed by atoms with Crippen molar-refractivity contribution in [3.8, 4) is 6.07 Å². The number of fused-ring (bicyclic) bond motifs is 3. The van der Waals surface area contributed by atoms with Crippen molar-refractivity contribution in [2.75, 3.05) is 11.4 Å². The molecule has 0 bridgehead atoms. The summed E-state index contributed by atoms with van der Waals surface area (Å²) in [5.74, 6) is -1.17. The number of carbonyl (C=O) groups excluding carboxylic acids is 3. The van der Waals surface area contributed by atoms with Crippen molar-refractivity contribution in [1.82, 2.24) is 10.2 Å². The number of anilines is 1. The van der Waals surface area contributed by atoms with Crippen molar-refractivity contribution in [3.63, 3.8) is 0 Å². The summed E-state index contributed by atoms with van der Waals surface area (Å²) in [4.78, 5) is 41.6. The van der Waals surface area contributed by atoms with Gasteiger partial charge in [0, 0.05) is 24.9 Å². The average molecular weight is 434 g/mol. The Labute approximate surface area is 185 Å². The molecule has 2 aromatic carbocycles. The van der Waals surface area contributed by atoms with Crippen molar-refractivity contribution in [2.45, 2.75) is 44.3 Å². The molecule has 0 aliphatic carbocycles. The van der Waals surface area contributed by atoms with Crippen LogP contribution < -0.4 is 10.2 Å². The van der Waals surface area contributed by atoms with Crippen LogP contribution >= 0.6 is 0 Å². The van der Waals surface area contributed by atoms with Crippen molar-refractivity contribution in [1.29, 1.82) is 5.26 Å². The number of nitrogens with one attached hydrogen (secondary N) is 1. The number of carbonyl (C=O) groups is 3. The number of halogens is 1. The molecule has 0 radical (unpaired) electrons. The van der Waals surface area contributed by atoms with E-state index in [2.05, 4.69) is 5.32 Å². The monoisotopic (exact) mass is 434 g/mol. The smallest absolute Gasteiger partial charge is 0.257 e. The quantitative estimate of drug-likeness (QED) is 0.755. The first-order chi connectivity index (χ1) is 15.4. The summed E-state index contributed by atoms with van der Waals surface area (Å²) in [6, 6.07) is 13.7. The number of amides is 3. The lowest BCUT2D eigenvalue weighted by atomic mass is 9.98. The fraction of sp³-hybridized carbons (Fsp3) is 0.333. The molecule has 1 saturated heterocycles. The Kier molecular flexibility index (Phi) is 5.66. The third kappa shape index (κ3) is 3.60. The van der Waals surface area contributed by atoms with E-state index in [9.17, 15) is 24.0 Å². The van der Waals surface area contributed by atoms with Crippen LogP contribution in [0.25, 0.3) is 0 Å². The number of rotatable bonds is 6. The van der Waals surface area contributed by atoms with Crippen LogP contribution in [0.15, 0.2) is 48.5 Å². The summed E-state index contributed by atoms with van der Waals surface area (Å²) in [6.45, 7) is 2.15. The fourth-order valence-corrected chi connectivity index (χ4v) is 4.56. The van der Waals surface area contributed by atoms with Crippen molar-refractivity contribution >= 4 is 23.4 Å². The minimum Gasteiger partial charge on any atom is -0.337 e. The van der Waals surface area contributed by atoms with E-state index in [1.165, 1.54) is 18.2 Å². The molecule has 2 aliphatic heterocycles. The maximum absolute atomic E-state index is 14.0. The van der Waals surface area contributed by atoms with E-state index < -0.39 is 23.4 Å². The minimum atomic E-state index is -1.09. The fourth-order valence-electron chi connectivity index (χ4n) is 4.56. The van der Waals surface area contributed by atoms with E-state index in [0.29, 0.717) is 30.5 Å². The molecule has 2 atom stereocenters. The van der Waals surface area contributed by atoms with Crippen LogP contribution in [0.5, 0.6) is 0 Å². The molecule has 32 heavy (non-hydrogen) atoms. The number of nitriles is 1. The largest absolute Gasteiger partial charge is 0.337 e. The maximum atomic E-state index is 14.0. The highest BCUT2D eigenvalue weighted by molar-refractivity contribution is 6.10. The van der Waals surface area contributed by atoms with Gasteiger partial charge in [-0.05, 0) is 38.0 Å². The lowest BCUT2D eigenvalue weighted by molar-refractivity contribution is -0.122. The molecule has 2 aromatic rings. The van der Waals surface area contributed by atoms with E-state index in [-0.39, 0.29) is 30.3 Å². The minimum absolute atomic E-state index is 0.0306. The van der Waals surface area contributed by atoms with Crippen LogP contribution in [0.4, 0.5) is 10.1 Å². The Balaban J connectivity index is 1.44. The normalized spacial score (nSPS) is 20.4. The highest BCUT2D eigenvalue weighted by atomic mass is 19.1. The lowest BCUT2D eigenvalue weighted by Crippen LogP contribution is -2.62. The molecule has 0 spiro atoms. The van der Waals surface area contributed by atoms with Gasteiger partial charge < -0.3 is 10.2 Å². The van der Waals surface area contributed by atoms with Gasteiger partial charge in [-0.3, -0.25) is 19.3 Å². The molecule has 1 N–H and O–H groups in total. The molecule has 4 rings (SSSR count). The maximum Gasteiger partial charge on any atom is 0.257 e. The first-order valence-corrected chi connectivity index (χ1v) is 10.5. The summed E-state index contributed by atoms with van der Waals surface area (Å²) < 4.78 is 14.0. The molecule has 1 fully saturated rings. The Morgan fingerprint density at radius 3 is 2.69 bits per heavy atom. The molecular formula is C24H23FN4O3. The van der Waals surface area contributed by atoms with Gasteiger partial charge in [0.15, 0.2) is 0 Å². The van der Waals surface area contributed by atoms with Crippen LogP contribution in [0.2, 0.25) is 0 Å². The Morgan fingerprint density at radius 2 is 1.94 bits per heavy atom. The molecule has 0 aromatic heterocycles. The second-order valence-electron chi connectivity index (χ2n) is 8.17. The van der Waals surface area contributed by atoms with Gasteiger partial charge in [0.1, 0.15) is 17.5 Å². The van der Waals surface area contributed by atoms with Gasteiger partial charge in [0.2, 0.25) is 11.8 Å². The van der Waals surface area contributed by atoms with E-state index in [0.717, 1.165) is 0 Å². The molecule has 164 valence electrons. The molecule has 0 saturated carbocycles. The van der Waals surface area contributed by atoms with Gasteiger partial charge >= 0.3 is 0 Å². The van der Waals surface area contributed by atoms with Crippen molar-refractivity contribution in [3.05, 3.63) is 65.5 Å². The third-order valence-electron chi connectivity index (χ3n) is 6.18. The van der Waals surface area contributed by atoms with E-state index >= 15 is 0 Å². The lowest BCUT2D eigenvalue weighted by Gasteiger charge is -2.48. The summed E-state index contributed by atoms with van der Waals surface area (Å²) >= 11 is 0. The van der Waals surface area contributed by atoms with Gasteiger partial charge in [-0.15, -0.1) is 0 Å². The second kappa shape index (κ2) is 8.42. The number of hydrogen-bond donors (Lipinski definition) is 1. The predicted molar refractivity (Wildman–Crippen MR) is 115 cm³/mol. The predicted octanol–water partition coefficient (Wildman–Crippen LogP) is 3.29. The van der Waals surface area contributed by atoms with E-state index in [4.69, 9.17) is 0 Å². The first-order valence-electron chi connectivity index (χ1n) is 10.5. The standard InChI is InChI=1S/C24H23FN4O3/c1-24-13-12-22(31)29(24)20-10-5-3-8-17(20)23(32)28(24)14-6-11-21(30)27-19(15-26)16-7-2-4-9-18(16)25/h2-5,7-10,19H,6,11-14H2,1H3,(H,27,30). The SMILES string of the molecule is CC12CCC(=O)N1c1ccccc1C(=O)N2CCCC(=O)NC(C#N)c1ccccc1F. The van der Waals surface area contributed by atoms with Gasteiger partial charge in [-0.25, -0.2) is 4.39 Å². The topological polar surface area (TPSA) is 93.5 Å². The third-order valence-corrected chi connectivity index (χ3v) is 6.18. The van der Waals surface area contributed by atoms with E-state index in [1.807, 2.05) is 13.0 Å². The zero-order valence-electron chi connectivity index (χ0n) is 17.7. The van der Waals surface area contributed by atoms with Crippen molar-refractivity contribution in [2.24, 2.45) is 0 Å². The first kappa shape index (κ1) is 21.5. The second-order valence-corrected chi connectivity index (χ2v) is 8.17. The Hall–Kier alpha value is -3.73. The summed E-state index contributed by atoms with van der Waals surface area (Å²) in [5, 5.41) is 11.9. The number of nitrogens with zero attached hydrogens (tertiary/aromatic N) is 3. The van der Waals surface area contributed by atoms with Crippen molar-refractivity contribution < 1.29 is 18.8 Å². The summed E-state index contributed by atoms with van der Waals surface area (Å²) in [5.41, 5.74) is 0.423. The van der Waals surface area contributed by atoms with Crippen LogP contribution in [-0.2, 0) is 9.59 Å². The highest BCUT2D eigenvalue weighted by Gasteiger charge is 2.52. The molecule has 2 aliphatic rings. The number of benzene rings is 2. The van der Waals surface area contributed by atoms with Gasteiger partial charge in [-0.1, -0.05) is 30.3 Å². The molecule has 2 heterocycles. The molecular weight excluding hydrogens is 411 g/mol. The molecule has 7 nitrogen and oxygen atoms in total. The molecule has 3 amide bonds. The number of hydrogen-bond acceptors (Lipinski definition) is 4. The van der Waals surface area contributed by atoms with Crippen LogP contribution in [0.3, 0.4) is 0 Å². The summed E-state index contributed by atoms with van der Waals surface area (Å²) in [7, 11) is 0. The molecule has 2 unspecified atom stereocenters. The van der Waals surface area contributed by atoms with Gasteiger partial charge in [-0.2, -0.15) is 5.26 Å². The van der Waals surface area contributed by atoms with Crippen LogP contribution in [-0.4, -0.2) is 34.8 Å². The summed E-state index contributed by atoms with van der Waals surface area (Å²) in [6.07, 6.45) is 1.26. The van der Waals surface area contributed by atoms with Gasteiger partial charge in [0.25, 0.3) is 5.91 Å². The zero-order valence-corrected chi connectivity index (χ0v) is 17.7. The van der Waals surface area contributed by atoms with E-state index in [1.54, 1.807) is 40.1 Å². The number of para-hydroxylation sites is 1. The molecule has 8 heteroatoms. The Morgan fingerprint density at radius 1 is 1.22 bits per heavy atom. The average Bonchev–Trinajstić information content (AvgIpc) is 3.10. The van der Waals surface area contributed by atoms with Gasteiger partial charge in [0.05, 0.1) is 17.3 Å². The van der Waals surface area contributed by atoms with Crippen LogP contribution in [0, 0.1) is 17.1 Å². The Bertz CT molecular complexity index is 1130.